The summed E-state index contributed by atoms with van der Waals surface area (Å²) in [4.78, 5) is 125. The van der Waals surface area contributed by atoms with E-state index in [9.17, 15) is 53.4 Å². The van der Waals surface area contributed by atoms with Gasteiger partial charge in [0.1, 0.15) is 42.3 Å². The van der Waals surface area contributed by atoms with Gasteiger partial charge in [-0.3, -0.25) is 43.3 Å². The number of aliphatic imine (C=N–C) groups is 1. The monoisotopic (exact) mass is 851 g/mol. The number of imidazole rings is 1. The number of carboxylic acid groups (broad SMARTS) is 1. The van der Waals surface area contributed by atoms with Crippen molar-refractivity contribution in [3.8, 4) is 0 Å². The molecular weight excluding hydrogens is 790 g/mol. The number of aromatic nitrogens is 2. The summed E-state index contributed by atoms with van der Waals surface area (Å²) in [5.41, 5.74) is 11.0. The van der Waals surface area contributed by atoms with Crippen LogP contribution in [0, 0.1) is 11.8 Å². The zero-order valence-electron chi connectivity index (χ0n) is 34.7. The summed E-state index contributed by atoms with van der Waals surface area (Å²) in [6.45, 7) is 8.51. The molecule has 15 N–H and O–H groups in total. The minimum absolute atomic E-state index is 0.00885. The molecule has 0 aliphatic heterocycles. The molecule has 8 amide bonds. The number of carbonyl (C=O) groups is 9. The Hall–Kier alpha value is -6.33. The van der Waals surface area contributed by atoms with Crippen molar-refractivity contribution >= 4 is 59.7 Å². The third kappa shape index (κ3) is 19.9. The van der Waals surface area contributed by atoms with Crippen molar-refractivity contribution in [1.82, 2.24) is 52.5 Å². The fourth-order valence-corrected chi connectivity index (χ4v) is 5.42. The summed E-state index contributed by atoms with van der Waals surface area (Å²) >= 11 is 0. The van der Waals surface area contributed by atoms with Gasteiger partial charge in [-0.2, -0.15) is 0 Å². The highest BCUT2D eigenvalue weighted by Gasteiger charge is 2.32. The van der Waals surface area contributed by atoms with Crippen LogP contribution in [0.1, 0.15) is 72.9 Å². The van der Waals surface area contributed by atoms with Crippen molar-refractivity contribution in [2.24, 2.45) is 28.3 Å². The second kappa shape index (κ2) is 26.6. The van der Waals surface area contributed by atoms with E-state index in [2.05, 4.69) is 57.5 Å². The third-order valence-corrected chi connectivity index (χ3v) is 8.57. The minimum Gasteiger partial charge on any atom is -0.480 e. The zero-order valence-corrected chi connectivity index (χ0v) is 34.7. The van der Waals surface area contributed by atoms with E-state index < -0.39 is 103 Å². The Labute approximate surface area is 347 Å². The van der Waals surface area contributed by atoms with Gasteiger partial charge in [-0.25, -0.2) is 9.78 Å². The molecule has 1 heterocycles. The number of guanidine groups is 1. The normalized spacial score (nSPS) is 14.4. The number of nitrogens with two attached hydrogens (primary N) is 2. The molecule has 0 aliphatic carbocycles. The van der Waals surface area contributed by atoms with Gasteiger partial charge < -0.3 is 69.2 Å². The van der Waals surface area contributed by atoms with Gasteiger partial charge in [0, 0.05) is 24.9 Å². The van der Waals surface area contributed by atoms with Gasteiger partial charge in [0.25, 0.3) is 0 Å². The third-order valence-electron chi connectivity index (χ3n) is 8.57. The van der Waals surface area contributed by atoms with Crippen LogP contribution in [-0.4, -0.2) is 142 Å². The second-order valence-corrected chi connectivity index (χ2v) is 14.8. The van der Waals surface area contributed by atoms with Gasteiger partial charge in [-0.05, 0) is 51.4 Å². The number of rotatable bonds is 28. The van der Waals surface area contributed by atoms with Crippen LogP contribution in [0.15, 0.2) is 17.5 Å². The predicted molar refractivity (Wildman–Crippen MR) is 215 cm³/mol. The maximum absolute atomic E-state index is 13.7. The number of aliphatic hydroxyl groups excluding tert-OH is 1. The first-order valence-electron chi connectivity index (χ1n) is 19.3. The molecule has 0 fully saturated rings. The van der Waals surface area contributed by atoms with Crippen LogP contribution in [0.5, 0.6) is 0 Å². The van der Waals surface area contributed by atoms with Crippen molar-refractivity contribution in [3.63, 3.8) is 0 Å². The second-order valence-electron chi connectivity index (χ2n) is 14.8. The molecule has 0 saturated heterocycles. The number of aliphatic hydroxyl groups is 1. The van der Waals surface area contributed by atoms with Crippen molar-refractivity contribution in [2.45, 2.75) is 116 Å². The standard InChI is InChI=1S/C36H61N13O11/c1-18(2)10-24(47-33(57)26(12-22-13-39-16-42-22)48-34(58)27(15-50)49-29(53)20(5)43-17-51)31(55)41-14-28(52)45-25(11-19(3)4)32(56)44-21(6)30(54)46-23(35(59)60)8-7-9-40-36(37)38/h13,16-21,23-27,50H,7-12,14-15H2,1-6H3,(H,39,42)(H,41,55)(H,43,51)(H,44,56)(H,45,52)(H,46,54)(H,47,57)(H,48,58)(H,49,53)(H,59,60)(H4,37,38,40)/t20-,21-,23-,24-,25-,26-,27-/m0/s1. The Morgan fingerprint density at radius 3 is 1.80 bits per heavy atom. The van der Waals surface area contributed by atoms with E-state index in [1.54, 1.807) is 27.7 Å². The maximum Gasteiger partial charge on any atom is 0.326 e. The summed E-state index contributed by atoms with van der Waals surface area (Å²) in [5.74, 6) is -7.35. The van der Waals surface area contributed by atoms with Crippen LogP contribution in [0.3, 0.4) is 0 Å². The fraction of sp³-hybridized carbons (Fsp3) is 0.639. The molecule has 0 unspecified atom stereocenters. The lowest BCUT2D eigenvalue weighted by Crippen LogP contribution is -2.59. The first-order valence-corrected chi connectivity index (χ1v) is 19.3. The topological polar surface area (TPSA) is 383 Å². The van der Waals surface area contributed by atoms with Crippen molar-refractivity contribution in [3.05, 3.63) is 18.2 Å². The van der Waals surface area contributed by atoms with Crippen LogP contribution in [-0.2, 0) is 49.6 Å². The number of aliphatic carboxylic acids is 1. The molecule has 0 radical (unpaired) electrons. The number of hydrogen-bond donors (Lipinski definition) is 13. The van der Waals surface area contributed by atoms with E-state index in [1.165, 1.54) is 26.4 Å². The number of nitrogens with one attached hydrogen (secondary N) is 9. The highest BCUT2D eigenvalue weighted by molar-refractivity contribution is 5.97. The Morgan fingerprint density at radius 1 is 0.733 bits per heavy atom. The number of carboxylic acids is 1. The fourth-order valence-electron chi connectivity index (χ4n) is 5.42. The van der Waals surface area contributed by atoms with Gasteiger partial charge in [0.15, 0.2) is 5.96 Å². The molecule has 1 aromatic heterocycles. The number of carbonyl (C=O) groups excluding carboxylic acids is 8. The van der Waals surface area contributed by atoms with E-state index in [0.29, 0.717) is 12.1 Å². The first kappa shape index (κ1) is 51.7. The SMILES string of the molecule is CC(C)C[C@H](NC(=O)CNC(=O)[C@H](CC(C)C)NC(=O)[C@H](Cc1cnc[nH]1)NC(=O)[C@H](CO)NC(=O)[C@H](C)NC=O)C(=O)N[C@@H](C)C(=O)N[C@@H](CCCN=C(N)N)C(=O)O. The number of amides is 8. The predicted octanol–water partition coefficient (Wildman–Crippen LogP) is -4.65. The molecule has 1 aromatic rings. The van der Waals surface area contributed by atoms with Gasteiger partial charge in [-0.15, -0.1) is 0 Å². The van der Waals surface area contributed by atoms with E-state index in [-0.39, 0.29) is 56.4 Å². The van der Waals surface area contributed by atoms with E-state index in [0.717, 1.165) is 0 Å². The summed E-state index contributed by atoms with van der Waals surface area (Å²) in [6, 6.07) is -8.76. The molecule has 24 nitrogen and oxygen atoms in total. The van der Waals surface area contributed by atoms with Crippen LogP contribution in [0.4, 0.5) is 0 Å². The zero-order chi connectivity index (χ0) is 45.5. The van der Waals surface area contributed by atoms with Gasteiger partial charge in [0.2, 0.25) is 47.8 Å². The van der Waals surface area contributed by atoms with Crippen LogP contribution in [0.25, 0.3) is 0 Å². The van der Waals surface area contributed by atoms with Gasteiger partial charge in [0.05, 0.1) is 19.5 Å². The van der Waals surface area contributed by atoms with Crippen LogP contribution >= 0.6 is 0 Å². The first-order chi connectivity index (χ1) is 28.2. The Bertz CT molecular complexity index is 1630. The number of aromatic amines is 1. The Balaban J connectivity index is 3.02. The quantitative estimate of drug-likeness (QED) is 0.0163. The molecule has 7 atom stereocenters. The molecule has 0 saturated carbocycles. The van der Waals surface area contributed by atoms with Gasteiger partial charge in [-0.1, -0.05) is 27.7 Å². The molecule has 336 valence electrons. The highest BCUT2D eigenvalue weighted by atomic mass is 16.4. The number of hydrogen-bond acceptors (Lipinski definition) is 12. The molecule has 0 spiro atoms. The van der Waals surface area contributed by atoms with E-state index in [1.807, 2.05) is 0 Å². The van der Waals surface area contributed by atoms with Gasteiger partial charge >= 0.3 is 5.97 Å². The van der Waals surface area contributed by atoms with E-state index in [4.69, 9.17) is 11.5 Å². The van der Waals surface area contributed by atoms with Crippen molar-refractivity contribution < 1.29 is 53.4 Å². The summed E-state index contributed by atoms with van der Waals surface area (Å²) < 4.78 is 0. The molecule has 0 aromatic carbocycles. The lowest BCUT2D eigenvalue weighted by Gasteiger charge is -2.26. The molecule has 24 heteroatoms. The van der Waals surface area contributed by atoms with Crippen molar-refractivity contribution in [2.75, 3.05) is 19.7 Å². The minimum atomic E-state index is -1.51. The number of nitrogens with zero attached hydrogens (tertiary/aromatic N) is 2. The molecule has 1 rings (SSSR count). The molecular formula is C36H61N13O11. The maximum atomic E-state index is 13.7. The average molecular weight is 852 g/mol. The van der Waals surface area contributed by atoms with Crippen LogP contribution < -0.4 is 54.0 Å². The Kier molecular flexibility index (Phi) is 22.9. The Morgan fingerprint density at radius 2 is 1.27 bits per heavy atom. The lowest BCUT2D eigenvalue weighted by atomic mass is 10.0. The highest BCUT2D eigenvalue weighted by Crippen LogP contribution is 2.09. The average Bonchev–Trinajstić information content (AvgIpc) is 3.68. The number of H-pyrrole nitrogens is 1. The van der Waals surface area contributed by atoms with E-state index >= 15 is 0 Å². The molecule has 60 heavy (non-hydrogen) atoms. The molecule has 0 aliphatic rings. The largest absolute Gasteiger partial charge is 0.480 e. The van der Waals surface area contributed by atoms with Crippen LogP contribution in [0.2, 0.25) is 0 Å². The molecule has 0 bridgehead atoms. The van der Waals surface area contributed by atoms with Crippen molar-refractivity contribution in [1.29, 1.82) is 0 Å². The summed E-state index contributed by atoms with van der Waals surface area (Å²) in [5, 5.41) is 38.8. The summed E-state index contributed by atoms with van der Waals surface area (Å²) in [6.07, 6.45) is 3.38. The summed E-state index contributed by atoms with van der Waals surface area (Å²) in [7, 11) is 0. The lowest BCUT2D eigenvalue weighted by molar-refractivity contribution is -0.142. The smallest absolute Gasteiger partial charge is 0.326 e.